The molecule has 0 aliphatic carbocycles. The summed E-state index contributed by atoms with van der Waals surface area (Å²) in [6, 6.07) is 8.49. The van der Waals surface area contributed by atoms with Crippen LogP contribution in [0.2, 0.25) is 0 Å². The molecule has 0 saturated carbocycles. The molecule has 0 bridgehead atoms. The number of anilines is 1. The number of benzene rings is 1. The number of sulfone groups is 1. The molecule has 1 aliphatic rings. The van der Waals surface area contributed by atoms with Crippen molar-refractivity contribution in [1.82, 2.24) is 5.32 Å². The zero-order valence-corrected chi connectivity index (χ0v) is 14.1. The van der Waals surface area contributed by atoms with Crippen LogP contribution in [0, 0.1) is 0 Å². The average Bonchev–Trinajstić information content (AvgIpc) is 2.47. The summed E-state index contributed by atoms with van der Waals surface area (Å²) in [4.78, 5) is 2.29. The third kappa shape index (κ3) is 5.26. The van der Waals surface area contributed by atoms with E-state index in [1.807, 2.05) is 6.92 Å². The van der Waals surface area contributed by atoms with Crippen LogP contribution in [0.25, 0.3) is 0 Å². The summed E-state index contributed by atoms with van der Waals surface area (Å²) in [5.41, 5.74) is 2.33. The first-order valence-electron chi connectivity index (χ1n) is 7.79. The second-order valence-electron chi connectivity index (χ2n) is 6.12. The zero-order chi connectivity index (χ0) is 16.2. The van der Waals surface area contributed by atoms with E-state index in [0.29, 0.717) is 6.54 Å². The van der Waals surface area contributed by atoms with Crippen molar-refractivity contribution in [2.24, 2.45) is 0 Å². The molecular formula is C16H26N2O3S. The Bertz CT molecular complexity index is 564. The van der Waals surface area contributed by atoms with Crippen molar-refractivity contribution in [3.63, 3.8) is 0 Å². The lowest BCUT2D eigenvalue weighted by atomic mass is 10.0. The van der Waals surface area contributed by atoms with Crippen LogP contribution in [0.5, 0.6) is 0 Å². The summed E-state index contributed by atoms with van der Waals surface area (Å²) in [6.45, 7) is 4.28. The van der Waals surface area contributed by atoms with E-state index in [-0.39, 0.29) is 17.9 Å². The smallest absolute Gasteiger partial charge is 0.148 e. The molecule has 1 aromatic carbocycles. The lowest BCUT2D eigenvalue weighted by Gasteiger charge is -2.31. The van der Waals surface area contributed by atoms with Crippen LogP contribution in [-0.4, -0.2) is 51.3 Å². The van der Waals surface area contributed by atoms with Crippen molar-refractivity contribution in [3.05, 3.63) is 29.8 Å². The Hall–Kier alpha value is -1.11. The quantitative estimate of drug-likeness (QED) is 0.826. The highest BCUT2D eigenvalue weighted by atomic mass is 32.2. The molecule has 1 atom stereocenters. The van der Waals surface area contributed by atoms with Gasteiger partial charge < -0.3 is 15.3 Å². The van der Waals surface area contributed by atoms with Gasteiger partial charge in [-0.15, -0.1) is 0 Å². The largest absolute Gasteiger partial charge is 0.393 e. The number of aliphatic hydroxyl groups is 1. The van der Waals surface area contributed by atoms with Crippen LogP contribution in [0.3, 0.4) is 0 Å². The first-order valence-corrected chi connectivity index (χ1v) is 9.85. The van der Waals surface area contributed by atoms with Crippen molar-refractivity contribution in [2.75, 3.05) is 36.5 Å². The van der Waals surface area contributed by atoms with Gasteiger partial charge in [0.15, 0.2) is 0 Å². The summed E-state index contributed by atoms with van der Waals surface area (Å²) in [5.74, 6) is 0.158. The van der Waals surface area contributed by atoms with Gasteiger partial charge in [-0.05, 0) is 37.5 Å². The summed E-state index contributed by atoms with van der Waals surface area (Å²) in [6.07, 6.45) is 2.75. The fraction of sp³-hybridized carbons (Fsp3) is 0.625. The lowest BCUT2D eigenvalue weighted by Crippen LogP contribution is -2.35. The monoisotopic (exact) mass is 326 g/mol. The maximum absolute atomic E-state index is 11.1. The maximum Gasteiger partial charge on any atom is 0.148 e. The minimum Gasteiger partial charge on any atom is -0.393 e. The molecule has 1 heterocycles. The van der Waals surface area contributed by atoms with Gasteiger partial charge in [0.2, 0.25) is 0 Å². The van der Waals surface area contributed by atoms with Gasteiger partial charge in [-0.1, -0.05) is 12.1 Å². The average molecular weight is 326 g/mol. The molecule has 5 nitrogen and oxygen atoms in total. The minimum atomic E-state index is -2.92. The summed E-state index contributed by atoms with van der Waals surface area (Å²) in [5, 5.41) is 12.8. The Labute approximate surface area is 133 Å². The zero-order valence-electron chi connectivity index (χ0n) is 13.3. The van der Waals surface area contributed by atoms with Gasteiger partial charge in [0.05, 0.1) is 11.9 Å². The highest BCUT2D eigenvalue weighted by Gasteiger charge is 2.17. The molecular weight excluding hydrogens is 300 g/mol. The fourth-order valence-corrected chi connectivity index (χ4v) is 3.17. The SMILES string of the molecule is CC(NCCS(C)(=O)=O)c1ccc(N2CCC(O)CC2)cc1. The fourth-order valence-electron chi connectivity index (χ4n) is 2.68. The van der Waals surface area contributed by atoms with Gasteiger partial charge in [0.1, 0.15) is 9.84 Å². The number of hydrogen-bond acceptors (Lipinski definition) is 5. The molecule has 0 amide bonds. The summed E-state index contributed by atoms with van der Waals surface area (Å²) in [7, 11) is -2.92. The third-order valence-electron chi connectivity index (χ3n) is 4.15. The summed E-state index contributed by atoms with van der Waals surface area (Å²) >= 11 is 0. The van der Waals surface area contributed by atoms with E-state index in [0.717, 1.165) is 31.5 Å². The standard InChI is InChI=1S/C16H26N2O3S/c1-13(17-9-12-22(2,20)21)14-3-5-15(6-4-14)18-10-7-16(19)8-11-18/h3-6,13,16-17,19H,7-12H2,1-2H3. The molecule has 22 heavy (non-hydrogen) atoms. The van der Waals surface area contributed by atoms with E-state index < -0.39 is 9.84 Å². The van der Waals surface area contributed by atoms with Crippen molar-refractivity contribution in [1.29, 1.82) is 0 Å². The van der Waals surface area contributed by atoms with Crippen LogP contribution in [-0.2, 0) is 9.84 Å². The Kier molecular flexibility index (Phi) is 5.83. The van der Waals surface area contributed by atoms with Crippen LogP contribution in [0.1, 0.15) is 31.4 Å². The molecule has 2 rings (SSSR count). The topological polar surface area (TPSA) is 69.6 Å². The summed E-state index contributed by atoms with van der Waals surface area (Å²) < 4.78 is 22.3. The molecule has 1 fully saturated rings. The highest BCUT2D eigenvalue weighted by molar-refractivity contribution is 7.90. The van der Waals surface area contributed by atoms with E-state index in [9.17, 15) is 13.5 Å². The predicted molar refractivity (Wildman–Crippen MR) is 90.0 cm³/mol. The maximum atomic E-state index is 11.1. The van der Waals surface area contributed by atoms with E-state index in [1.165, 1.54) is 11.9 Å². The van der Waals surface area contributed by atoms with Gasteiger partial charge in [-0.3, -0.25) is 0 Å². The van der Waals surface area contributed by atoms with Crippen molar-refractivity contribution < 1.29 is 13.5 Å². The molecule has 0 aromatic heterocycles. The molecule has 0 spiro atoms. The molecule has 124 valence electrons. The van der Waals surface area contributed by atoms with Crippen LogP contribution < -0.4 is 10.2 Å². The molecule has 0 radical (unpaired) electrons. The van der Waals surface area contributed by atoms with Gasteiger partial charge in [0.25, 0.3) is 0 Å². The Morgan fingerprint density at radius 2 is 1.86 bits per heavy atom. The number of hydrogen-bond donors (Lipinski definition) is 2. The highest BCUT2D eigenvalue weighted by Crippen LogP contribution is 2.22. The number of piperidine rings is 1. The van der Waals surface area contributed by atoms with Crippen LogP contribution >= 0.6 is 0 Å². The van der Waals surface area contributed by atoms with Crippen molar-refractivity contribution in [3.8, 4) is 0 Å². The van der Waals surface area contributed by atoms with E-state index in [1.54, 1.807) is 0 Å². The second kappa shape index (κ2) is 7.44. The Morgan fingerprint density at radius 1 is 1.27 bits per heavy atom. The lowest BCUT2D eigenvalue weighted by molar-refractivity contribution is 0.145. The molecule has 1 aromatic rings. The van der Waals surface area contributed by atoms with Gasteiger partial charge >= 0.3 is 0 Å². The number of nitrogens with zero attached hydrogens (tertiary/aromatic N) is 1. The first-order chi connectivity index (χ1) is 10.3. The molecule has 6 heteroatoms. The number of rotatable bonds is 6. The Morgan fingerprint density at radius 3 is 2.41 bits per heavy atom. The number of nitrogens with one attached hydrogen (secondary N) is 1. The predicted octanol–water partition coefficient (Wildman–Crippen LogP) is 1.34. The Balaban J connectivity index is 1.88. The molecule has 1 saturated heterocycles. The molecule has 2 N–H and O–H groups in total. The van der Waals surface area contributed by atoms with Gasteiger partial charge in [-0.2, -0.15) is 0 Å². The van der Waals surface area contributed by atoms with E-state index in [4.69, 9.17) is 0 Å². The molecule has 1 aliphatic heterocycles. The van der Waals surface area contributed by atoms with Crippen molar-refractivity contribution in [2.45, 2.75) is 31.9 Å². The van der Waals surface area contributed by atoms with Crippen molar-refractivity contribution >= 4 is 15.5 Å². The van der Waals surface area contributed by atoms with Gasteiger partial charge in [0, 0.05) is 37.6 Å². The minimum absolute atomic E-state index is 0.124. The van der Waals surface area contributed by atoms with E-state index >= 15 is 0 Å². The number of aliphatic hydroxyl groups excluding tert-OH is 1. The van der Waals surface area contributed by atoms with E-state index in [2.05, 4.69) is 34.5 Å². The van der Waals surface area contributed by atoms with Crippen LogP contribution in [0.15, 0.2) is 24.3 Å². The first kappa shape index (κ1) is 17.2. The second-order valence-corrected chi connectivity index (χ2v) is 8.38. The normalized spacial score (nSPS) is 18.4. The van der Waals surface area contributed by atoms with Gasteiger partial charge in [-0.25, -0.2) is 8.42 Å². The van der Waals surface area contributed by atoms with Crippen LogP contribution in [0.4, 0.5) is 5.69 Å². The third-order valence-corrected chi connectivity index (χ3v) is 5.09. The molecule has 1 unspecified atom stereocenters.